The number of hydrogen-bond donors (Lipinski definition) is 3. The van der Waals surface area contributed by atoms with Gasteiger partial charge in [0, 0.05) is 0 Å². The molecule has 0 atom stereocenters. The van der Waals surface area contributed by atoms with E-state index in [0.717, 1.165) is 47.2 Å². The minimum atomic E-state index is -0.436. The minimum Gasteiger partial charge on any atom is -0.375 e. The van der Waals surface area contributed by atoms with Crippen molar-refractivity contribution in [3.05, 3.63) is 17.7 Å². The van der Waals surface area contributed by atoms with Crippen molar-refractivity contribution in [2.24, 2.45) is 21.5 Å². The van der Waals surface area contributed by atoms with E-state index in [1.54, 1.807) is 0 Å². The second-order valence-corrected chi connectivity index (χ2v) is 7.54. The van der Waals surface area contributed by atoms with E-state index >= 15 is 0 Å². The number of nitrogens with two attached hydrogens (primary N) is 3. The van der Waals surface area contributed by atoms with Gasteiger partial charge in [-0.1, -0.05) is 17.8 Å². The van der Waals surface area contributed by atoms with Crippen LogP contribution in [-0.4, -0.2) is 22.6 Å². The van der Waals surface area contributed by atoms with Crippen LogP contribution in [0.1, 0.15) is 37.7 Å². The van der Waals surface area contributed by atoms with E-state index < -0.39 is 5.66 Å². The van der Waals surface area contributed by atoms with Gasteiger partial charge in [-0.25, -0.2) is 9.98 Å². The molecule has 0 radical (unpaired) electrons. The van der Waals surface area contributed by atoms with Crippen molar-refractivity contribution in [1.82, 2.24) is 4.98 Å². The smallest absolute Gasteiger partial charge is 0.220 e. The zero-order valence-corrected chi connectivity index (χ0v) is 14.4. The fraction of sp³-hybridized carbons (Fsp3) is 0.438. The Kier molecular flexibility index (Phi) is 3.38. The molecule has 1 aliphatic heterocycles. The van der Waals surface area contributed by atoms with Crippen LogP contribution in [0.5, 0.6) is 0 Å². The molecule has 0 bridgehead atoms. The number of aromatic nitrogens is 1. The maximum absolute atomic E-state index is 6.30. The molecule has 6 N–H and O–H groups in total. The highest BCUT2D eigenvalue weighted by Gasteiger charge is 2.43. The highest BCUT2D eigenvalue weighted by molar-refractivity contribution is 7.22. The fourth-order valence-electron chi connectivity index (χ4n) is 3.79. The molecule has 1 aromatic heterocycles. The normalized spacial score (nSPS) is 20.3. The topological polar surface area (TPSA) is 119 Å². The van der Waals surface area contributed by atoms with Crippen molar-refractivity contribution in [3.8, 4) is 0 Å². The number of nitrogens with zero attached hydrogens (tertiary/aromatic N) is 4. The summed E-state index contributed by atoms with van der Waals surface area (Å²) >= 11 is 1.49. The van der Waals surface area contributed by atoms with E-state index in [1.165, 1.54) is 17.8 Å². The number of nitrogen functional groups attached to an aromatic ring is 1. The summed E-state index contributed by atoms with van der Waals surface area (Å²) in [5.41, 5.74) is 20.6. The number of anilines is 2. The van der Waals surface area contributed by atoms with Crippen LogP contribution in [0.4, 0.5) is 10.8 Å². The van der Waals surface area contributed by atoms with Gasteiger partial charge >= 0.3 is 0 Å². The van der Waals surface area contributed by atoms with Crippen LogP contribution < -0.4 is 22.1 Å². The molecule has 2 heterocycles. The van der Waals surface area contributed by atoms with E-state index in [4.69, 9.17) is 22.2 Å². The van der Waals surface area contributed by atoms with Crippen LogP contribution in [0.2, 0.25) is 0 Å². The van der Waals surface area contributed by atoms with Crippen molar-refractivity contribution in [3.63, 3.8) is 0 Å². The van der Waals surface area contributed by atoms with Crippen molar-refractivity contribution >= 4 is 44.3 Å². The summed E-state index contributed by atoms with van der Waals surface area (Å²) in [5.74, 6) is 0.664. The van der Waals surface area contributed by atoms with Crippen LogP contribution in [-0.2, 0) is 0 Å². The van der Waals surface area contributed by atoms with Crippen molar-refractivity contribution < 1.29 is 0 Å². The Hall–Kier alpha value is -2.35. The van der Waals surface area contributed by atoms with Gasteiger partial charge in [-0.2, -0.15) is 4.99 Å². The molecule has 1 spiro atoms. The molecule has 24 heavy (non-hydrogen) atoms. The molecule has 1 aromatic carbocycles. The lowest BCUT2D eigenvalue weighted by Gasteiger charge is -2.46. The third kappa shape index (κ3) is 2.29. The Bertz CT molecular complexity index is 861. The van der Waals surface area contributed by atoms with Gasteiger partial charge in [0.1, 0.15) is 5.66 Å². The molecule has 1 fully saturated rings. The average Bonchev–Trinajstić information content (AvgIpc) is 2.86. The fourth-order valence-corrected chi connectivity index (χ4v) is 4.61. The molecule has 4 rings (SSSR count). The molecular formula is C16H21N7S. The molecule has 7 nitrogen and oxygen atoms in total. The quantitative estimate of drug-likeness (QED) is 0.734. The lowest BCUT2D eigenvalue weighted by Crippen LogP contribution is -2.58. The van der Waals surface area contributed by atoms with Gasteiger partial charge in [0.15, 0.2) is 5.13 Å². The van der Waals surface area contributed by atoms with Crippen LogP contribution in [0, 0.1) is 6.92 Å². The van der Waals surface area contributed by atoms with Crippen LogP contribution >= 0.6 is 11.3 Å². The van der Waals surface area contributed by atoms with E-state index in [0.29, 0.717) is 11.1 Å². The number of rotatable bonds is 1. The first kappa shape index (κ1) is 15.2. The molecule has 0 saturated heterocycles. The average molecular weight is 343 g/mol. The SMILES string of the molecule is Cc1cc2sc(N)nc2cc1N1C(N)=NC(N)=NC12CCCCC2. The van der Waals surface area contributed by atoms with Crippen LogP contribution in [0.3, 0.4) is 0 Å². The summed E-state index contributed by atoms with van der Waals surface area (Å²) in [4.78, 5) is 15.4. The summed E-state index contributed by atoms with van der Waals surface area (Å²) in [7, 11) is 0. The number of fused-ring (bicyclic) bond motifs is 1. The molecular weight excluding hydrogens is 322 g/mol. The zero-order chi connectivity index (χ0) is 16.9. The number of thiazole rings is 1. The standard InChI is InChI=1S/C16H21N7S/c1-9-7-12-10(20-15(19)24-12)8-11(9)23-14(18)21-13(17)22-16(23)5-3-2-4-6-16/h7-8H,2-6H2,1H3,(H2,19,20)(H4,17,18,21,22). The number of hydrogen-bond acceptors (Lipinski definition) is 8. The molecule has 0 unspecified atom stereocenters. The minimum absolute atomic E-state index is 0.266. The summed E-state index contributed by atoms with van der Waals surface area (Å²) in [5, 5.41) is 0.566. The van der Waals surface area contributed by atoms with Crippen molar-refractivity contribution in [2.75, 3.05) is 10.6 Å². The number of benzene rings is 1. The van der Waals surface area contributed by atoms with Gasteiger partial charge in [-0.05, 0) is 50.3 Å². The molecule has 2 aromatic rings. The van der Waals surface area contributed by atoms with Gasteiger partial charge in [0.25, 0.3) is 0 Å². The predicted octanol–water partition coefficient (Wildman–Crippen LogP) is 2.30. The van der Waals surface area contributed by atoms with Crippen LogP contribution in [0.25, 0.3) is 10.2 Å². The van der Waals surface area contributed by atoms with E-state index in [9.17, 15) is 0 Å². The highest BCUT2D eigenvalue weighted by Crippen LogP contribution is 2.41. The van der Waals surface area contributed by atoms with Crippen LogP contribution in [0.15, 0.2) is 22.1 Å². The Morgan fingerprint density at radius 1 is 1.12 bits per heavy atom. The molecule has 1 saturated carbocycles. The van der Waals surface area contributed by atoms with E-state index in [2.05, 4.69) is 23.0 Å². The summed E-state index contributed by atoms with van der Waals surface area (Å²) < 4.78 is 1.07. The maximum atomic E-state index is 6.30. The summed E-state index contributed by atoms with van der Waals surface area (Å²) in [6, 6.07) is 4.14. The Balaban J connectivity index is 1.89. The first-order chi connectivity index (χ1) is 11.5. The molecule has 1 aliphatic carbocycles. The van der Waals surface area contributed by atoms with Crippen molar-refractivity contribution in [1.29, 1.82) is 0 Å². The number of aryl methyl sites for hydroxylation is 1. The lowest BCUT2D eigenvalue weighted by atomic mass is 9.87. The van der Waals surface area contributed by atoms with Gasteiger partial charge < -0.3 is 17.2 Å². The predicted molar refractivity (Wildman–Crippen MR) is 100 cm³/mol. The van der Waals surface area contributed by atoms with Gasteiger partial charge in [0.2, 0.25) is 11.9 Å². The van der Waals surface area contributed by atoms with Gasteiger partial charge in [-0.15, -0.1) is 0 Å². The third-order valence-electron chi connectivity index (χ3n) is 4.81. The Morgan fingerprint density at radius 3 is 2.62 bits per heavy atom. The zero-order valence-electron chi connectivity index (χ0n) is 13.6. The second kappa shape index (κ2) is 5.34. The number of aliphatic imine (C=N–C) groups is 2. The third-order valence-corrected chi connectivity index (χ3v) is 5.66. The van der Waals surface area contributed by atoms with Gasteiger partial charge in [-0.3, -0.25) is 4.90 Å². The second-order valence-electron chi connectivity index (χ2n) is 6.48. The Morgan fingerprint density at radius 2 is 1.88 bits per heavy atom. The first-order valence-corrected chi connectivity index (χ1v) is 8.97. The summed E-state index contributed by atoms with van der Waals surface area (Å²) in [6.45, 7) is 2.07. The molecule has 126 valence electrons. The first-order valence-electron chi connectivity index (χ1n) is 8.15. The van der Waals surface area contributed by atoms with Crippen molar-refractivity contribution in [2.45, 2.75) is 44.7 Å². The van der Waals surface area contributed by atoms with Gasteiger partial charge in [0.05, 0.1) is 15.9 Å². The maximum Gasteiger partial charge on any atom is 0.220 e. The Labute approximate surface area is 144 Å². The number of guanidine groups is 2. The largest absolute Gasteiger partial charge is 0.375 e. The lowest BCUT2D eigenvalue weighted by molar-refractivity contribution is 0.305. The molecule has 8 heteroatoms. The molecule has 0 amide bonds. The van der Waals surface area contributed by atoms with E-state index in [1.807, 2.05) is 11.0 Å². The monoisotopic (exact) mass is 343 g/mol. The summed E-state index contributed by atoms with van der Waals surface area (Å²) in [6.07, 6.45) is 5.25. The highest BCUT2D eigenvalue weighted by atomic mass is 32.1. The van der Waals surface area contributed by atoms with E-state index in [-0.39, 0.29) is 5.96 Å². The molecule has 2 aliphatic rings.